The van der Waals surface area contributed by atoms with Gasteiger partial charge in [0.1, 0.15) is 0 Å². The SMILES string of the molecule is CCC(C)(C)NC(=O)c1cc(S(=O)(=O)Cl)c(C)cc1C. The van der Waals surface area contributed by atoms with Crippen molar-refractivity contribution in [2.24, 2.45) is 0 Å². The zero-order valence-corrected chi connectivity index (χ0v) is 13.9. The van der Waals surface area contributed by atoms with E-state index in [1.54, 1.807) is 19.9 Å². The van der Waals surface area contributed by atoms with E-state index >= 15 is 0 Å². The number of rotatable bonds is 4. The maximum atomic E-state index is 12.3. The number of nitrogens with one attached hydrogen (secondary N) is 1. The number of hydrogen-bond acceptors (Lipinski definition) is 3. The van der Waals surface area contributed by atoms with Crippen molar-refractivity contribution < 1.29 is 13.2 Å². The molecule has 0 saturated carbocycles. The first-order chi connectivity index (χ1) is 8.98. The third-order valence-electron chi connectivity index (χ3n) is 3.37. The topological polar surface area (TPSA) is 63.2 Å². The van der Waals surface area contributed by atoms with E-state index in [4.69, 9.17) is 10.7 Å². The predicted molar refractivity (Wildman–Crippen MR) is 80.8 cm³/mol. The van der Waals surface area contributed by atoms with Gasteiger partial charge in [0.25, 0.3) is 15.0 Å². The van der Waals surface area contributed by atoms with Gasteiger partial charge in [-0.1, -0.05) is 13.0 Å². The zero-order valence-electron chi connectivity index (χ0n) is 12.4. The minimum atomic E-state index is -3.86. The number of carbonyl (C=O) groups is 1. The molecule has 0 aromatic heterocycles. The number of benzene rings is 1. The van der Waals surface area contributed by atoms with Gasteiger partial charge in [0.15, 0.2) is 0 Å². The highest BCUT2D eigenvalue weighted by atomic mass is 35.7. The Bertz CT molecular complexity index is 636. The average molecular weight is 318 g/mol. The van der Waals surface area contributed by atoms with Crippen molar-refractivity contribution in [1.29, 1.82) is 0 Å². The van der Waals surface area contributed by atoms with Crippen LogP contribution in [0.15, 0.2) is 17.0 Å². The molecule has 0 fully saturated rings. The van der Waals surface area contributed by atoms with Crippen LogP contribution in [0.4, 0.5) is 0 Å². The molecule has 0 aliphatic heterocycles. The van der Waals surface area contributed by atoms with Gasteiger partial charge in [-0.25, -0.2) is 8.42 Å². The van der Waals surface area contributed by atoms with Gasteiger partial charge >= 0.3 is 0 Å². The fraction of sp³-hybridized carbons (Fsp3) is 0.500. The summed E-state index contributed by atoms with van der Waals surface area (Å²) in [7, 11) is 1.53. The Balaban J connectivity index is 3.30. The van der Waals surface area contributed by atoms with E-state index in [2.05, 4.69) is 5.32 Å². The molecule has 0 bridgehead atoms. The van der Waals surface area contributed by atoms with Crippen LogP contribution >= 0.6 is 10.7 Å². The minimum absolute atomic E-state index is 0.0239. The van der Waals surface area contributed by atoms with Crippen LogP contribution in [0.25, 0.3) is 0 Å². The van der Waals surface area contributed by atoms with Gasteiger partial charge in [-0.3, -0.25) is 4.79 Å². The molecule has 0 aliphatic rings. The Morgan fingerprint density at radius 3 is 2.25 bits per heavy atom. The first-order valence-corrected chi connectivity index (χ1v) is 8.67. The molecule has 1 N–H and O–H groups in total. The lowest BCUT2D eigenvalue weighted by atomic mass is 9.99. The van der Waals surface area contributed by atoms with Gasteiger partial charge < -0.3 is 5.32 Å². The Kier molecular flexibility index (Phi) is 4.87. The van der Waals surface area contributed by atoms with Crippen molar-refractivity contribution in [2.45, 2.75) is 51.5 Å². The van der Waals surface area contributed by atoms with E-state index in [0.29, 0.717) is 11.1 Å². The standard InChI is InChI=1S/C14H20ClNO3S/c1-6-14(4,5)16-13(17)11-8-12(20(15,18)19)10(3)7-9(11)2/h7-8H,6H2,1-5H3,(H,16,17). The maximum absolute atomic E-state index is 12.3. The van der Waals surface area contributed by atoms with Gasteiger partial charge in [-0.2, -0.15) is 0 Å². The van der Waals surface area contributed by atoms with Crippen LogP contribution in [0, 0.1) is 13.8 Å². The summed E-state index contributed by atoms with van der Waals surface area (Å²) in [6.45, 7) is 9.21. The van der Waals surface area contributed by atoms with Crippen LogP contribution in [-0.4, -0.2) is 19.9 Å². The molecule has 1 aromatic rings. The van der Waals surface area contributed by atoms with Crippen LogP contribution in [0.3, 0.4) is 0 Å². The Labute approximate surface area is 124 Å². The lowest BCUT2D eigenvalue weighted by molar-refractivity contribution is 0.0910. The smallest absolute Gasteiger partial charge is 0.261 e. The fourth-order valence-electron chi connectivity index (χ4n) is 1.80. The van der Waals surface area contributed by atoms with Gasteiger partial charge in [0.05, 0.1) is 4.90 Å². The summed E-state index contributed by atoms with van der Waals surface area (Å²) in [5, 5.41) is 2.88. The third-order valence-corrected chi connectivity index (χ3v) is 4.83. The first-order valence-electron chi connectivity index (χ1n) is 6.36. The number of carbonyl (C=O) groups excluding carboxylic acids is 1. The van der Waals surface area contributed by atoms with Crippen molar-refractivity contribution in [3.63, 3.8) is 0 Å². The van der Waals surface area contributed by atoms with Crippen LogP contribution < -0.4 is 5.32 Å². The Hall–Kier alpha value is -1.07. The summed E-state index contributed by atoms with van der Waals surface area (Å²) in [5.41, 5.74) is 1.23. The largest absolute Gasteiger partial charge is 0.347 e. The maximum Gasteiger partial charge on any atom is 0.261 e. The Morgan fingerprint density at radius 2 is 1.80 bits per heavy atom. The van der Waals surface area contributed by atoms with Crippen molar-refractivity contribution in [3.05, 3.63) is 28.8 Å². The molecule has 112 valence electrons. The van der Waals surface area contributed by atoms with Crippen molar-refractivity contribution in [1.82, 2.24) is 5.32 Å². The highest BCUT2D eigenvalue weighted by Gasteiger charge is 2.23. The quantitative estimate of drug-likeness (QED) is 0.868. The van der Waals surface area contributed by atoms with Gasteiger partial charge in [-0.05, 0) is 51.3 Å². The van der Waals surface area contributed by atoms with E-state index in [9.17, 15) is 13.2 Å². The summed E-state index contributed by atoms with van der Waals surface area (Å²) >= 11 is 0. The first kappa shape index (κ1) is 17.0. The number of amides is 1. The van der Waals surface area contributed by atoms with E-state index in [0.717, 1.165) is 12.0 Å². The summed E-state index contributed by atoms with van der Waals surface area (Å²) in [6.07, 6.45) is 0.768. The Morgan fingerprint density at radius 1 is 1.25 bits per heavy atom. The molecule has 0 unspecified atom stereocenters. The van der Waals surface area contributed by atoms with Crippen LogP contribution in [0.2, 0.25) is 0 Å². The second-order valence-corrected chi connectivity index (χ2v) is 8.10. The molecule has 1 aromatic carbocycles. The normalized spacial score (nSPS) is 12.3. The monoisotopic (exact) mass is 317 g/mol. The lowest BCUT2D eigenvalue weighted by Crippen LogP contribution is -2.43. The molecule has 20 heavy (non-hydrogen) atoms. The van der Waals surface area contributed by atoms with Crippen LogP contribution in [-0.2, 0) is 9.05 Å². The molecule has 0 aliphatic carbocycles. The molecule has 0 spiro atoms. The molecule has 0 heterocycles. The lowest BCUT2D eigenvalue weighted by Gasteiger charge is -2.25. The molecule has 6 heteroatoms. The number of aryl methyl sites for hydroxylation is 2. The molecular formula is C14H20ClNO3S. The minimum Gasteiger partial charge on any atom is -0.347 e. The predicted octanol–water partition coefficient (Wildman–Crippen LogP) is 3.15. The molecule has 0 atom stereocenters. The molecule has 0 radical (unpaired) electrons. The van der Waals surface area contributed by atoms with Gasteiger partial charge in [0, 0.05) is 21.8 Å². The van der Waals surface area contributed by atoms with E-state index in [-0.39, 0.29) is 16.3 Å². The third kappa shape index (κ3) is 3.96. The second-order valence-electron chi connectivity index (χ2n) is 5.56. The summed E-state index contributed by atoms with van der Waals surface area (Å²) < 4.78 is 23.0. The molecule has 4 nitrogen and oxygen atoms in total. The van der Waals surface area contributed by atoms with Gasteiger partial charge in [-0.15, -0.1) is 0 Å². The number of hydrogen-bond donors (Lipinski definition) is 1. The van der Waals surface area contributed by atoms with E-state index < -0.39 is 9.05 Å². The molecular weight excluding hydrogens is 298 g/mol. The van der Waals surface area contributed by atoms with E-state index in [1.165, 1.54) is 6.07 Å². The zero-order chi connectivity index (χ0) is 15.7. The highest BCUT2D eigenvalue weighted by molar-refractivity contribution is 8.13. The van der Waals surface area contributed by atoms with Crippen molar-refractivity contribution in [3.8, 4) is 0 Å². The van der Waals surface area contributed by atoms with E-state index in [1.807, 2.05) is 20.8 Å². The molecule has 1 rings (SSSR count). The number of halogens is 1. The fourth-order valence-corrected chi connectivity index (χ4v) is 3.00. The summed E-state index contributed by atoms with van der Waals surface area (Å²) in [6, 6.07) is 3.00. The molecule has 1 amide bonds. The summed E-state index contributed by atoms with van der Waals surface area (Å²) in [4.78, 5) is 12.3. The van der Waals surface area contributed by atoms with Gasteiger partial charge in [0.2, 0.25) is 0 Å². The van der Waals surface area contributed by atoms with Crippen molar-refractivity contribution >= 4 is 25.6 Å². The highest BCUT2D eigenvalue weighted by Crippen LogP contribution is 2.24. The average Bonchev–Trinajstić information content (AvgIpc) is 2.26. The van der Waals surface area contributed by atoms with Crippen LogP contribution in [0.1, 0.15) is 48.7 Å². The molecule has 0 saturated heterocycles. The van der Waals surface area contributed by atoms with Crippen LogP contribution in [0.5, 0.6) is 0 Å². The van der Waals surface area contributed by atoms with Crippen molar-refractivity contribution in [2.75, 3.05) is 0 Å². The second kappa shape index (κ2) is 5.74. The summed E-state index contributed by atoms with van der Waals surface area (Å²) in [5.74, 6) is -0.295.